The zero-order chi connectivity index (χ0) is 14.2. The van der Waals surface area contributed by atoms with E-state index in [0.29, 0.717) is 11.3 Å². The summed E-state index contributed by atoms with van der Waals surface area (Å²) >= 11 is 0. The predicted octanol–water partition coefficient (Wildman–Crippen LogP) is 1.28. The molecule has 2 aromatic rings. The molecular weight excluding hydrogens is 268 g/mol. The van der Waals surface area contributed by atoms with Gasteiger partial charge in [-0.15, -0.1) is 0 Å². The molecule has 6 nitrogen and oxygen atoms in total. The standard InChI is InChI=1S/C12H12N2O4S/c1-8-4-3-5-10(12(15)16)11(8)14-7-9(6-13-14)19(2,17)18/h3-7H,1-2H3,(H,15,16). The van der Waals surface area contributed by atoms with Crippen LogP contribution in [0.2, 0.25) is 0 Å². The molecule has 1 aromatic carbocycles. The molecule has 19 heavy (non-hydrogen) atoms. The molecule has 0 aliphatic heterocycles. The summed E-state index contributed by atoms with van der Waals surface area (Å²) in [5.41, 5.74) is 1.14. The van der Waals surface area contributed by atoms with Gasteiger partial charge in [-0.05, 0) is 18.6 Å². The van der Waals surface area contributed by atoms with Crippen LogP contribution in [0.1, 0.15) is 15.9 Å². The van der Waals surface area contributed by atoms with Crippen LogP contribution in [0.25, 0.3) is 5.69 Å². The van der Waals surface area contributed by atoms with Crippen LogP contribution in [0.5, 0.6) is 0 Å². The first-order valence-electron chi connectivity index (χ1n) is 5.38. The van der Waals surface area contributed by atoms with Gasteiger partial charge in [0.25, 0.3) is 0 Å². The quantitative estimate of drug-likeness (QED) is 0.914. The molecule has 0 saturated heterocycles. The molecule has 1 N–H and O–H groups in total. The summed E-state index contributed by atoms with van der Waals surface area (Å²) in [6.07, 6.45) is 3.59. The van der Waals surface area contributed by atoms with E-state index in [4.69, 9.17) is 5.11 Å². The lowest BCUT2D eigenvalue weighted by Crippen LogP contribution is -2.07. The minimum atomic E-state index is -3.37. The Labute approximate surface area is 110 Å². The van der Waals surface area contributed by atoms with Crippen molar-refractivity contribution in [2.75, 3.05) is 6.26 Å². The average molecular weight is 280 g/mol. The fourth-order valence-corrected chi connectivity index (χ4v) is 2.29. The summed E-state index contributed by atoms with van der Waals surface area (Å²) in [5.74, 6) is -1.09. The van der Waals surface area contributed by atoms with Crippen molar-refractivity contribution >= 4 is 15.8 Å². The number of carboxylic acids is 1. The van der Waals surface area contributed by atoms with E-state index in [1.54, 1.807) is 19.1 Å². The highest BCUT2D eigenvalue weighted by Gasteiger charge is 2.17. The van der Waals surface area contributed by atoms with E-state index in [2.05, 4.69) is 5.10 Å². The minimum Gasteiger partial charge on any atom is -0.478 e. The topological polar surface area (TPSA) is 89.3 Å². The summed E-state index contributed by atoms with van der Waals surface area (Å²) < 4.78 is 24.1. The third kappa shape index (κ3) is 2.50. The lowest BCUT2D eigenvalue weighted by Gasteiger charge is -2.09. The van der Waals surface area contributed by atoms with Gasteiger partial charge in [0.15, 0.2) is 9.84 Å². The number of sulfone groups is 1. The van der Waals surface area contributed by atoms with Gasteiger partial charge < -0.3 is 5.11 Å². The molecule has 0 amide bonds. The number of carboxylic acid groups (broad SMARTS) is 1. The molecule has 1 aromatic heterocycles. The van der Waals surface area contributed by atoms with E-state index in [9.17, 15) is 13.2 Å². The van der Waals surface area contributed by atoms with Crippen molar-refractivity contribution in [1.82, 2.24) is 9.78 Å². The highest BCUT2D eigenvalue weighted by atomic mass is 32.2. The molecule has 100 valence electrons. The third-order valence-electron chi connectivity index (χ3n) is 2.68. The van der Waals surface area contributed by atoms with Gasteiger partial charge in [-0.3, -0.25) is 0 Å². The Balaban J connectivity index is 2.66. The number of aryl methyl sites for hydroxylation is 1. The maximum Gasteiger partial charge on any atom is 0.337 e. The monoisotopic (exact) mass is 280 g/mol. The van der Waals surface area contributed by atoms with Crippen LogP contribution >= 0.6 is 0 Å². The number of hydrogen-bond donors (Lipinski definition) is 1. The first-order chi connectivity index (χ1) is 8.80. The summed E-state index contributed by atoms with van der Waals surface area (Å²) in [7, 11) is -3.37. The summed E-state index contributed by atoms with van der Waals surface area (Å²) in [6.45, 7) is 1.74. The zero-order valence-electron chi connectivity index (χ0n) is 10.4. The van der Waals surface area contributed by atoms with E-state index in [-0.39, 0.29) is 10.5 Å². The highest BCUT2D eigenvalue weighted by molar-refractivity contribution is 7.90. The smallest absolute Gasteiger partial charge is 0.337 e. The Morgan fingerprint density at radius 2 is 2.05 bits per heavy atom. The van der Waals surface area contributed by atoms with E-state index in [0.717, 1.165) is 6.26 Å². The van der Waals surface area contributed by atoms with E-state index in [1.165, 1.54) is 23.1 Å². The Bertz CT molecular complexity index is 747. The second-order valence-electron chi connectivity index (χ2n) is 4.17. The molecule has 0 radical (unpaired) electrons. The SMILES string of the molecule is Cc1cccc(C(=O)O)c1-n1cc(S(C)(=O)=O)cn1. The van der Waals surface area contributed by atoms with Crippen LogP contribution in [-0.4, -0.2) is 35.5 Å². The molecule has 0 fully saturated rings. The third-order valence-corrected chi connectivity index (χ3v) is 3.75. The molecule has 0 atom stereocenters. The van der Waals surface area contributed by atoms with Crippen molar-refractivity contribution in [3.05, 3.63) is 41.7 Å². The summed E-state index contributed by atoms with van der Waals surface area (Å²) in [5, 5.41) is 13.1. The largest absolute Gasteiger partial charge is 0.478 e. The maximum absolute atomic E-state index is 11.4. The normalized spacial score (nSPS) is 11.5. The number of aromatic carboxylic acids is 1. The number of benzene rings is 1. The van der Waals surface area contributed by atoms with Gasteiger partial charge in [0, 0.05) is 12.5 Å². The van der Waals surface area contributed by atoms with Gasteiger partial charge in [0.2, 0.25) is 0 Å². The van der Waals surface area contributed by atoms with Gasteiger partial charge in [-0.25, -0.2) is 17.9 Å². The number of para-hydroxylation sites is 1. The lowest BCUT2D eigenvalue weighted by atomic mass is 10.1. The van der Waals surface area contributed by atoms with E-state index in [1.807, 2.05) is 0 Å². The number of hydrogen-bond acceptors (Lipinski definition) is 4. The number of aromatic nitrogens is 2. The van der Waals surface area contributed by atoms with Crippen molar-refractivity contribution in [2.45, 2.75) is 11.8 Å². The van der Waals surface area contributed by atoms with Crippen molar-refractivity contribution in [1.29, 1.82) is 0 Å². The van der Waals surface area contributed by atoms with Crippen molar-refractivity contribution in [3.8, 4) is 5.69 Å². The fraction of sp³-hybridized carbons (Fsp3) is 0.167. The molecule has 1 heterocycles. The van der Waals surface area contributed by atoms with Crippen molar-refractivity contribution in [2.24, 2.45) is 0 Å². The molecular formula is C12H12N2O4S. The number of nitrogens with zero attached hydrogens (tertiary/aromatic N) is 2. The molecule has 0 aliphatic carbocycles. The van der Waals surface area contributed by atoms with Crippen LogP contribution in [0.15, 0.2) is 35.5 Å². The van der Waals surface area contributed by atoms with Gasteiger partial charge in [0.1, 0.15) is 4.90 Å². The van der Waals surface area contributed by atoms with Crippen LogP contribution < -0.4 is 0 Å². The fourth-order valence-electron chi connectivity index (χ4n) is 1.76. The van der Waals surface area contributed by atoms with Crippen LogP contribution in [-0.2, 0) is 9.84 Å². The van der Waals surface area contributed by atoms with Gasteiger partial charge >= 0.3 is 5.97 Å². The zero-order valence-corrected chi connectivity index (χ0v) is 11.2. The highest BCUT2D eigenvalue weighted by Crippen LogP contribution is 2.20. The van der Waals surface area contributed by atoms with Gasteiger partial charge in [0.05, 0.1) is 17.4 Å². The molecule has 0 aliphatic rings. The molecule has 0 unspecified atom stereocenters. The van der Waals surface area contributed by atoms with Crippen LogP contribution in [0.3, 0.4) is 0 Å². The minimum absolute atomic E-state index is 0.0482. The Hall–Kier alpha value is -2.15. The molecule has 0 spiro atoms. The maximum atomic E-state index is 11.4. The first-order valence-corrected chi connectivity index (χ1v) is 7.28. The number of carbonyl (C=O) groups is 1. The number of rotatable bonds is 3. The molecule has 0 bridgehead atoms. The second-order valence-corrected chi connectivity index (χ2v) is 6.18. The van der Waals surface area contributed by atoms with E-state index >= 15 is 0 Å². The lowest BCUT2D eigenvalue weighted by molar-refractivity contribution is 0.0696. The molecule has 7 heteroatoms. The average Bonchev–Trinajstić information content (AvgIpc) is 2.77. The predicted molar refractivity (Wildman–Crippen MR) is 68.4 cm³/mol. The van der Waals surface area contributed by atoms with Crippen LogP contribution in [0, 0.1) is 6.92 Å². The molecule has 2 rings (SSSR count). The second kappa shape index (κ2) is 4.51. The molecule has 0 saturated carbocycles. The first kappa shape index (κ1) is 13.3. The van der Waals surface area contributed by atoms with Crippen LogP contribution in [0.4, 0.5) is 0 Å². The van der Waals surface area contributed by atoms with E-state index < -0.39 is 15.8 Å². The van der Waals surface area contributed by atoms with Crippen molar-refractivity contribution in [3.63, 3.8) is 0 Å². The Morgan fingerprint density at radius 1 is 1.37 bits per heavy atom. The Kier molecular flexibility index (Phi) is 3.15. The van der Waals surface area contributed by atoms with Gasteiger partial charge in [-0.2, -0.15) is 5.10 Å². The summed E-state index contributed by atoms with van der Waals surface area (Å²) in [6, 6.07) is 4.82. The Morgan fingerprint density at radius 3 is 2.58 bits per heavy atom. The van der Waals surface area contributed by atoms with Crippen molar-refractivity contribution < 1.29 is 18.3 Å². The van der Waals surface area contributed by atoms with Gasteiger partial charge in [-0.1, -0.05) is 12.1 Å². The summed E-state index contributed by atoms with van der Waals surface area (Å²) in [4.78, 5) is 11.2.